The number of fused-ring (bicyclic) bond motifs is 1. The van der Waals surface area contributed by atoms with Crippen LogP contribution >= 0.6 is 0 Å². The zero-order valence-corrected chi connectivity index (χ0v) is 20.4. The fourth-order valence-corrected chi connectivity index (χ4v) is 5.41. The Bertz CT molecular complexity index is 989. The molecule has 2 fully saturated rings. The van der Waals surface area contributed by atoms with Crippen LogP contribution in [-0.4, -0.2) is 98.3 Å². The number of piperazine rings is 1. The average Bonchev–Trinajstić information content (AvgIpc) is 3.51. The molecule has 0 amide bonds. The van der Waals surface area contributed by atoms with E-state index >= 15 is 0 Å². The van der Waals surface area contributed by atoms with E-state index in [1.807, 2.05) is 6.20 Å². The minimum absolute atomic E-state index is 0.0707. The number of likely N-dealkylation sites (tertiary alicyclic amines) is 1. The average molecular weight is 465 g/mol. The number of benzene rings is 1. The van der Waals surface area contributed by atoms with Gasteiger partial charge in [-0.1, -0.05) is 0 Å². The van der Waals surface area contributed by atoms with E-state index in [4.69, 9.17) is 9.72 Å². The van der Waals surface area contributed by atoms with E-state index < -0.39 is 0 Å². The van der Waals surface area contributed by atoms with Gasteiger partial charge in [-0.3, -0.25) is 9.69 Å². The molecule has 3 aliphatic rings. The number of likely N-dealkylation sites (N-methyl/N-ethyl adjacent to an activating group) is 1. The van der Waals surface area contributed by atoms with Crippen LogP contribution < -0.4 is 9.80 Å². The van der Waals surface area contributed by atoms with Crippen LogP contribution in [0, 0.1) is 0 Å². The van der Waals surface area contributed by atoms with Gasteiger partial charge >= 0.3 is 5.97 Å². The van der Waals surface area contributed by atoms with Gasteiger partial charge in [-0.2, -0.15) is 0 Å². The van der Waals surface area contributed by atoms with Crippen LogP contribution in [-0.2, 0) is 16.0 Å². The molecule has 182 valence electrons. The van der Waals surface area contributed by atoms with E-state index in [9.17, 15) is 4.79 Å². The van der Waals surface area contributed by atoms with Gasteiger partial charge < -0.3 is 19.4 Å². The zero-order chi connectivity index (χ0) is 23.5. The van der Waals surface area contributed by atoms with E-state index in [1.54, 1.807) is 0 Å². The second-order valence-corrected chi connectivity index (χ2v) is 9.69. The summed E-state index contributed by atoms with van der Waals surface area (Å²) in [5.41, 5.74) is 3.56. The van der Waals surface area contributed by atoms with E-state index in [0.717, 1.165) is 95.2 Å². The molecule has 8 heteroatoms. The van der Waals surface area contributed by atoms with Crippen LogP contribution in [0.25, 0.3) is 11.4 Å². The summed E-state index contributed by atoms with van der Waals surface area (Å²) in [6.07, 6.45) is 5.97. The molecule has 3 aliphatic heterocycles. The summed E-state index contributed by atoms with van der Waals surface area (Å²) in [5, 5.41) is 0. The van der Waals surface area contributed by atoms with Crippen molar-refractivity contribution < 1.29 is 9.53 Å². The van der Waals surface area contributed by atoms with E-state index in [2.05, 4.69) is 55.9 Å². The van der Waals surface area contributed by atoms with Crippen molar-refractivity contribution in [3.05, 3.63) is 36.0 Å². The maximum atomic E-state index is 12.0. The summed E-state index contributed by atoms with van der Waals surface area (Å²) < 4.78 is 4.98. The Kier molecular flexibility index (Phi) is 6.97. The Morgan fingerprint density at radius 3 is 2.62 bits per heavy atom. The topological polar surface area (TPSA) is 65.0 Å². The molecule has 0 aliphatic carbocycles. The van der Waals surface area contributed by atoms with Gasteiger partial charge in [-0.15, -0.1) is 0 Å². The molecule has 8 nitrogen and oxygen atoms in total. The highest BCUT2D eigenvalue weighted by Crippen LogP contribution is 2.29. The van der Waals surface area contributed by atoms with Crippen LogP contribution in [0.15, 0.2) is 30.5 Å². The van der Waals surface area contributed by atoms with Gasteiger partial charge in [-0.25, -0.2) is 9.97 Å². The van der Waals surface area contributed by atoms with Crippen LogP contribution in [0.3, 0.4) is 0 Å². The fourth-order valence-electron chi connectivity index (χ4n) is 5.41. The maximum Gasteiger partial charge on any atom is 0.323 e. The maximum absolute atomic E-state index is 12.0. The third-order valence-corrected chi connectivity index (χ3v) is 7.50. The molecule has 0 N–H and O–H groups in total. The van der Waals surface area contributed by atoms with Crippen LogP contribution in [0.4, 0.5) is 11.5 Å². The van der Waals surface area contributed by atoms with Crippen molar-refractivity contribution in [2.24, 2.45) is 0 Å². The number of methoxy groups -OCH3 is 1. The van der Waals surface area contributed by atoms with Crippen LogP contribution in [0.5, 0.6) is 0 Å². The lowest BCUT2D eigenvalue weighted by Crippen LogP contribution is -2.44. The largest absolute Gasteiger partial charge is 0.468 e. The molecule has 0 radical (unpaired) electrons. The number of hydrogen-bond donors (Lipinski definition) is 0. The number of esters is 1. The van der Waals surface area contributed by atoms with Crippen molar-refractivity contribution >= 4 is 17.5 Å². The number of carbonyl (C=O) groups excluding carboxylic acids is 1. The number of carbonyl (C=O) groups is 1. The third kappa shape index (κ3) is 4.88. The van der Waals surface area contributed by atoms with Gasteiger partial charge in [0.2, 0.25) is 0 Å². The minimum Gasteiger partial charge on any atom is -0.468 e. The predicted molar refractivity (Wildman–Crippen MR) is 134 cm³/mol. The molecule has 4 heterocycles. The van der Waals surface area contributed by atoms with E-state index in [1.165, 1.54) is 18.4 Å². The molecule has 0 saturated carbocycles. The predicted octanol–water partition coefficient (Wildman–Crippen LogP) is 2.29. The molecule has 0 unspecified atom stereocenters. The van der Waals surface area contributed by atoms with Crippen molar-refractivity contribution in [3.63, 3.8) is 0 Å². The van der Waals surface area contributed by atoms with Crippen molar-refractivity contribution in [2.75, 3.05) is 76.3 Å². The quantitative estimate of drug-likeness (QED) is 0.579. The summed E-state index contributed by atoms with van der Waals surface area (Å²) in [5.74, 6) is 1.76. The third-order valence-electron chi connectivity index (χ3n) is 7.50. The second kappa shape index (κ2) is 10.3. The molecular formula is C26H36N6O2. The Labute approximate surface area is 202 Å². The molecule has 1 atom stereocenters. The van der Waals surface area contributed by atoms with Gasteiger partial charge in [0.25, 0.3) is 0 Å². The molecule has 5 rings (SSSR count). The van der Waals surface area contributed by atoms with Gasteiger partial charge in [0, 0.05) is 68.8 Å². The van der Waals surface area contributed by atoms with E-state index in [0.29, 0.717) is 0 Å². The Morgan fingerprint density at radius 2 is 1.85 bits per heavy atom. The first-order valence-electron chi connectivity index (χ1n) is 12.6. The lowest BCUT2D eigenvalue weighted by molar-refractivity contribution is -0.145. The highest BCUT2D eigenvalue weighted by molar-refractivity contribution is 5.76. The first kappa shape index (κ1) is 23.1. The normalized spacial score (nSPS) is 21.2. The fraction of sp³-hybridized carbons (Fsp3) is 0.577. The molecule has 1 aromatic heterocycles. The van der Waals surface area contributed by atoms with Crippen molar-refractivity contribution in [2.45, 2.75) is 31.7 Å². The molecular weight excluding hydrogens is 428 g/mol. The smallest absolute Gasteiger partial charge is 0.323 e. The molecule has 0 bridgehead atoms. The standard InChI is InChI=1S/C26H36N6O2/c1-29-15-17-30(18-16-29)22-8-6-20(7-9-22)24-27-19-21-10-14-32(25(21)28-24)13-4-12-31-11-3-5-23(31)26(33)34-2/h6-9,19,23H,3-5,10-18H2,1-2H3/t23-/m0/s1. The van der Waals surface area contributed by atoms with Gasteiger partial charge in [-0.05, 0) is 63.5 Å². The van der Waals surface area contributed by atoms with Gasteiger partial charge in [0.1, 0.15) is 11.9 Å². The highest BCUT2D eigenvalue weighted by atomic mass is 16.5. The number of anilines is 2. The number of rotatable bonds is 7. The molecule has 34 heavy (non-hydrogen) atoms. The van der Waals surface area contributed by atoms with Crippen molar-refractivity contribution in [1.29, 1.82) is 0 Å². The monoisotopic (exact) mass is 464 g/mol. The zero-order valence-electron chi connectivity index (χ0n) is 20.4. The Balaban J connectivity index is 1.21. The summed E-state index contributed by atoms with van der Waals surface area (Å²) in [6, 6.07) is 8.62. The number of ether oxygens (including phenoxy) is 1. The molecule has 2 aromatic rings. The van der Waals surface area contributed by atoms with Crippen LogP contribution in [0.2, 0.25) is 0 Å². The molecule has 1 aromatic carbocycles. The SMILES string of the molecule is COC(=O)[C@@H]1CCCN1CCCN1CCc2cnc(-c3ccc(N4CCN(C)CC4)cc3)nc21. The van der Waals surface area contributed by atoms with Crippen LogP contribution in [0.1, 0.15) is 24.8 Å². The minimum atomic E-state index is -0.0972. The molecule has 0 spiro atoms. The first-order valence-corrected chi connectivity index (χ1v) is 12.6. The number of hydrogen-bond acceptors (Lipinski definition) is 8. The first-order chi connectivity index (χ1) is 16.6. The molecule has 2 saturated heterocycles. The van der Waals surface area contributed by atoms with E-state index in [-0.39, 0.29) is 12.0 Å². The lowest BCUT2D eigenvalue weighted by atomic mass is 10.1. The summed E-state index contributed by atoms with van der Waals surface area (Å²) >= 11 is 0. The number of nitrogens with zero attached hydrogens (tertiary/aromatic N) is 6. The number of aromatic nitrogens is 2. The summed E-state index contributed by atoms with van der Waals surface area (Å²) in [6.45, 7) is 8.16. The van der Waals surface area contributed by atoms with Crippen molar-refractivity contribution in [1.82, 2.24) is 19.8 Å². The highest BCUT2D eigenvalue weighted by Gasteiger charge is 2.31. The Hall–Kier alpha value is -2.71. The Morgan fingerprint density at radius 1 is 1.06 bits per heavy atom. The summed E-state index contributed by atoms with van der Waals surface area (Å²) in [4.78, 5) is 31.1. The lowest BCUT2D eigenvalue weighted by Gasteiger charge is -2.34. The second-order valence-electron chi connectivity index (χ2n) is 9.69. The summed E-state index contributed by atoms with van der Waals surface area (Å²) in [7, 11) is 3.66. The van der Waals surface area contributed by atoms with Crippen molar-refractivity contribution in [3.8, 4) is 11.4 Å². The van der Waals surface area contributed by atoms with Gasteiger partial charge in [0.05, 0.1) is 7.11 Å². The van der Waals surface area contributed by atoms with Gasteiger partial charge in [0.15, 0.2) is 5.82 Å².